The molecule has 0 bridgehead atoms. The molecule has 0 saturated heterocycles. The molecule has 0 aromatic heterocycles. The summed E-state index contributed by atoms with van der Waals surface area (Å²) in [7, 11) is -2.56. The van der Waals surface area contributed by atoms with Gasteiger partial charge in [0.1, 0.15) is 0 Å². The minimum atomic E-state index is -5.54. The first-order chi connectivity index (χ1) is 7.47. The summed E-state index contributed by atoms with van der Waals surface area (Å²) < 4.78 is 84.9. The second kappa shape index (κ2) is 3.99. The number of hydrogen-bond donors (Lipinski definition) is 0. The molecule has 1 atom stereocenters. The van der Waals surface area contributed by atoms with E-state index in [4.69, 9.17) is 0 Å². The SMILES string of the molecule is CO[Si]1(C)C=CCC(C(F)(F)F)(C(F)(F)F)O1. The Balaban J connectivity index is 3.26. The molecule has 2 nitrogen and oxygen atoms in total. The predicted molar refractivity (Wildman–Crippen MR) is 48.3 cm³/mol. The summed E-state index contributed by atoms with van der Waals surface area (Å²) in [4.78, 5) is 0. The van der Waals surface area contributed by atoms with Crippen molar-refractivity contribution >= 4 is 8.56 Å². The summed E-state index contributed by atoms with van der Waals surface area (Å²) in [5.41, 5.74) is -3.01. The lowest BCUT2D eigenvalue weighted by Gasteiger charge is -2.43. The third-order valence-electron chi connectivity index (χ3n) is 2.52. The van der Waals surface area contributed by atoms with Crippen LogP contribution in [0.25, 0.3) is 0 Å². The van der Waals surface area contributed by atoms with Gasteiger partial charge in [-0.3, -0.25) is 0 Å². The van der Waals surface area contributed by atoms with Crippen molar-refractivity contribution in [2.75, 3.05) is 7.11 Å². The molecule has 0 aliphatic carbocycles. The monoisotopic (exact) mass is 280 g/mol. The summed E-state index contributed by atoms with van der Waals surface area (Å²) in [6.07, 6.45) is -11.5. The second-order valence-corrected chi connectivity index (χ2v) is 6.73. The normalized spacial score (nSPS) is 29.4. The van der Waals surface area contributed by atoms with Gasteiger partial charge >= 0.3 is 20.9 Å². The molecule has 0 aromatic carbocycles. The van der Waals surface area contributed by atoms with Crippen molar-refractivity contribution in [1.29, 1.82) is 0 Å². The molecule has 1 aliphatic heterocycles. The van der Waals surface area contributed by atoms with Crippen LogP contribution in [-0.4, -0.2) is 33.6 Å². The fourth-order valence-corrected chi connectivity index (χ4v) is 3.32. The van der Waals surface area contributed by atoms with Gasteiger partial charge in [0.05, 0.1) is 0 Å². The lowest BCUT2D eigenvalue weighted by Crippen LogP contribution is -2.64. The predicted octanol–water partition coefficient (Wildman–Crippen LogP) is 3.08. The zero-order chi connectivity index (χ0) is 13.5. The lowest BCUT2D eigenvalue weighted by molar-refractivity contribution is -0.362. The van der Waals surface area contributed by atoms with Gasteiger partial charge in [-0.25, -0.2) is 0 Å². The zero-order valence-electron chi connectivity index (χ0n) is 8.95. The van der Waals surface area contributed by atoms with Gasteiger partial charge in [0.2, 0.25) is 0 Å². The summed E-state index contributed by atoms with van der Waals surface area (Å²) >= 11 is 0. The van der Waals surface area contributed by atoms with Gasteiger partial charge in [-0.05, 0) is 12.2 Å². The first kappa shape index (κ1) is 14.5. The van der Waals surface area contributed by atoms with Gasteiger partial charge in [-0.15, -0.1) is 0 Å². The van der Waals surface area contributed by atoms with Crippen molar-refractivity contribution in [1.82, 2.24) is 0 Å². The van der Waals surface area contributed by atoms with Crippen LogP contribution < -0.4 is 0 Å². The fraction of sp³-hybridized carbons (Fsp3) is 0.750. The summed E-state index contributed by atoms with van der Waals surface area (Å²) in [5, 5.41) is 0. The third kappa shape index (κ3) is 2.36. The van der Waals surface area contributed by atoms with Crippen LogP contribution in [0.2, 0.25) is 6.55 Å². The number of alkyl halides is 6. The quantitative estimate of drug-likeness (QED) is 0.543. The molecule has 1 aliphatic rings. The lowest BCUT2D eigenvalue weighted by atomic mass is 9.98. The summed E-state index contributed by atoms with van der Waals surface area (Å²) in [6.45, 7) is 1.12. The Bertz CT molecular complexity index is 309. The maximum atomic E-state index is 12.7. The van der Waals surface area contributed by atoms with E-state index >= 15 is 0 Å². The van der Waals surface area contributed by atoms with Gasteiger partial charge in [-0.2, -0.15) is 26.3 Å². The highest BCUT2D eigenvalue weighted by Crippen LogP contribution is 2.51. The molecular formula is C8H10F6O2Si. The number of hydrogen-bond acceptors (Lipinski definition) is 2. The third-order valence-corrected chi connectivity index (χ3v) is 4.93. The van der Waals surface area contributed by atoms with Gasteiger partial charge in [0, 0.05) is 13.5 Å². The van der Waals surface area contributed by atoms with E-state index < -0.39 is 32.9 Å². The highest BCUT2D eigenvalue weighted by atomic mass is 28.4. The van der Waals surface area contributed by atoms with Crippen LogP contribution in [0.4, 0.5) is 26.3 Å². The number of rotatable bonds is 1. The standard InChI is InChI=1S/C8H10F6O2Si/c1-15-17(2)5-3-4-6(16-17,7(9,10)11)8(12,13)14/h3,5H,4H2,1-2H3. The molecule has 1 unspecified atom stereocenters. The highest BCUT2D eigenvalue weighted by molar-refractivity contribution is 6.71. The molecule has 0 N–H and O–H groups in total. The van der Waals surface area contributed by atoms with E-state index in [0.29, 0.717) is 0 Å². The Hall–Kier alpha value is -0.543. The average molecular weight is 280 g/mol. The van der Waals surface area contributed by atoms with E-state index in [1.807, 2.05) is 0 Å². The Morgan fingerprint density at radius 3 is 2.00 bits per heavy atom. The molecule has 0 fully saturated rings. The van der Waals surface area contributed by atoms with Crippen molar-refractivity contribution in [2.45, 2.75) is 30.9 Å². The maximum absolute atomic E-state index is 12.7. The molecular weight excluding hydrogens is 270 g/mol. The summed E-state index contributed by atoms with van der Waals surface area (Å²) in [6, 6.07) is 0. The minimum absolute atomic E-state index is 0.820. The molecule has 0 spiro atoms. The molecule has 17 heavy (non-hydrogen) atoms. The highest BCUT2D eigenvalue weighted by Gasteiger charge is 2.74. The molecule has 0 radical (unpaired) electrons. The molecule has 0 saturated carbocycles. The van der Waals surface area contributed by atoms with Crippen LogP contribution in [0.15, 0.2) is 11.8 Å². The molecule has 0 amide bonds. The molecule has 1 heterocycles. The van der Waals surface area contributed by atoms with E-state index in [9.17, 15) is 26.3 Å². The van der Waals surface area contributed by atoms with Gasteiger partial charge in [0.15, 0.2) is 0 Å². The van der Waals surface area contributed by atoms with Crippen LogP contribution in [-0.2, 0) is 8.85 Å². The van der Waals surface area contributed by atoms with Crippen LogP contribution in [0, 0.1) is 0 Å². The van der Waals surface area contributed by atoms with E-state index in [2.05, 4.69) is 8.85 Å². The summed E-state index contributed by atoms with van der Waals surface area (Å²) in [5.74, 6) is 0. The van der Waals surface area contributed by atoms with Crippen LogP contribution in [0.1, 0.15) is 6.42 Å². The van der Waals surface area contributed by atoms with Gasteiger partial charge in [0.25, 0.3) is 5.60 Å². The van der Waals surface area contributed by atoms with Crippen molar-refractivity contribution in [3.63, 3.8) is 0 Å². The topological polar surface area (TPSA) is 18.5 Å². The Morgan fingerprint density at radius 2 is 1.65 bits per heavy atom. The fourth-order valence-electron chi connectivity index (χ4n) is 1.48. The van der Waals surface area contributed by atoms with Crippen LogP contribution >= 0.6 is 0 Å². The maximum Gasteiger partial charge on any atom is 0.425 e. The van der Waals surface area contributed by atoms with E-state index in [0.717, 1.165) is 25.4 Å². The Kier molecular flexibility index (Phi) is 3.41. The molecule has 9 heteroatoms. The average Bonchev–Trinajstić information content (AvgIpc) is 2.14. The Morgan fingerprint density at radius 1 is 1.18 bits per heavy atom. The van der Waals surface area contributed by atoms with Crippen molar-refractivity contribution in [2.24, 2.45) is 0 Å². The molecule has 1 rings (SSSR count). The van der Waals surface area contributed by atoms with Crippen LogP contribution in [0.3, 0.4) is 0 Å². The van der Waals surface area contributed by atoms with E-state index in [-0.39, 0.29) is 0 Å². The zero-order valence-corrected chi connectivity index (χ0v) is 9.95. The molecule has 0 aromatic rings. The molecule has 100 valence electrons. The van der Waals surface area contributed by atoms with Gasteiger partial charge in [-0.1, -0.05) is 6.08 Å². The first-order valence-corrected chi connectivity index (χ1v) is 6.93. The largest absolute Gasteiger partial charge is 0.425 e. The van der Waals surface area contributed by atoms with Crippen LogP contribution in [0.5, 0.6) is 0 Å². The van der Waals surface area contributed by atoms with Crippen molar-refractivity contribution < 1.29 is 35.2 Å². The van der Waals surface area contributed by atoms with Crippen molar-refractivity contribution in [3.05, 3.63) is 11.8 Å². The minimum Gasteiger partial charge on any atom is -0.395 e. The van der Waals surface area contributed by atoms with Gasteiger partial charge < -0.3 is 8.85 Å². The van der Waals surface area contributed by atoms with Crippen molar-refractivity contribution in [3.8, 4) is 0 Å². The second-order valence-electron chi connectivity index (χ2n) is 3.75. The smallest absolute Gasteiger partial charge is 0.395 e. The Labute approximate surface area is 94.4 Å². The van der Waals surface area contributed by atoms with E-state index in [1.165, 1.54) is 0 Å². The van der Waals surface area contributed by atoms with E-state index in [1.54, 1.807) is 0 Å². The first-order valence-electron chi connectivity index (χ1n) is 4.54. The number of halogens is 6.